The van der Waals surface area contributed by atoms with E-state index < -0.39 is 0 Å². The zero-order valence-electron chi connectivity index (χ0n) is 17.4. The molecule has 0 spiro atoms. The van der Waals surface area contributed by atoms with Crippen molar-refractivity contribution < 1.29 is 4.79 Å². The molecule has 0 N–H and O–H groups in total. The smallest absolute Gasteiger partial charge is 0.264 e. The van der Waals surface area contributed by atoms with Gasteiger partial charge in [-0.3, -0.25) is 24.2 Å². The van der Waals surface area contributed by atoms with Gasteiger partial charge in [0.25, 0.3) is 11.5 Å². The second kappa shape index (κ2) is 8.61. The Morgan fingerprint density at radius 1 is 1.13 bits per heavy atom. The molecule has 8 nitrogen and oxygen atoms in total. The van der Waals surface area contributed by atoms with Crippen LogP contribution in [0.5, 0.6) is 0 Å². The van der Waals surface area contributed by atoms with Gasteiger partial charge in [0, 0.05) is 44.4 Å². The van der Waals surface area contributed by atoms with Gasteiger partial charge in [-0.05, 0) is 50.3 Å². The van der Waals surface area contributed by atoms with Gasteiger partial charge in [0.15, 0.2) is 0 Å². The van der Waals surface area contributed by atoms with Gasteiger partial charge < -0.3 is 9.47 Å². The quantitative estimate of drug-likeness (QED) is 0.647. The van der Waals surface area contributed by atoms with E-state index in [2.05, 4.69) is 15.1 Å². The third kappa shape index (κ3) is 4.32. The molecule has 3 aromatic heterocycles. The standard InChI is InChI=1S/C22H26N6O2/c1-16-4-9-27(15-19-13-23-17(2)12-24-19)22(30)20(16)21(29)26-10-5-18(6-11-26)14-28-8-3-7-25-28/h3-4,7-9,12-13,18H,5-6,10-11,14-15H2,1-2H3. The number of carbonyl (C=O) groups is 1. The second-order valence-electron chi connectivity index (χ2n) is 7.92. The lowest BCUT2D eigenvalue weighted by Crippen LogP contribution is -2.42. The third-order valence-electron chi connectivity index (χ3n) is 5.66. The maximum atomic E-state index is 13.2. The number of rotatable bonds is 5. The second-order valence-corrected chi connectivity index (χ2v) is 7.92. The number of hydrogen-bond donors (Lipinski definition) is 0. The van der Waals surface area contributed by atoms with Crippen molar-refractivity contribution in [3.8, 4) is 0 Å². The first-order valence-corrected chi connectivity index (χ1v) is 10.3. The lowest BCUT2D eigenvalue weighted by atomic mass is 9.96. The number of likely N-dealkylation sites (tertiary alicyclic amines) is 1. The molecule has 0 aliphatic carbocycles. The number of amides is 1. The molecule has 1 amide bonds. The van der Waals surface area contributed by atoms with Crippen molar-refractivity contribution in [1.29, 1.82) is 0 Å². The van der Waals surface area contributed by atoms with Crippen molar-refractivity contribution in [2.75, 3.05) is 13.1 Å². The number of nitrogens with zero attached hydrogens (tertiary/aromatic N) is 6. The van der Waals surface area contributed by atoms with Crippen molar-refractivity contribution in [2.24, 2.45) is 5.92 Å². The molecule has 30 heavy (non-hydrogen) atoms. The topological polar surface area (TPSA) is 85.9 Å². The van der Waals surface area contributed by atoms with Gasteiger partial charge in [-0.2, -0.15) is 5.10 Å². The molecular formula is C22H26N6O2. The van der Waals surface area contributed by atoms with E-state index in [1.165, 1.54) is 4.57 Å². The van der Waals surface area contributed by atoms with Crippen LogP contribution in [0.1, 0.15) is 40.2 Å². The predicted molar refractivity (Wildman–Crippen MR) is 112 cm³/mol. The summed E-state index contributed by atoms with van der Waals surface area (Å²) in [5.74, 6) is 0.307. The number of piperidine rings is 1. The minimum absolute atomic E-state index is 0.181. The fourth-order valence-corrected chi connectivity index (χ4v) is 3.87. The maximum Gasteiger partial charge on any atom is 0.264 e. The number of hydrogen-bond acceptors (Lipinski definition) is 5. The summed E-state index contributed by atoms with van der Waals surface area (Å²) in [6.45, 7) is 6.14. The van der Waals surface area contributed by atoms with E-state index in [-0.39, 0.29) is 17.0 Å². The van der Waals surface area contributed by atoms with Crippen molar-refractivity contribution in [3.63, 3.8) is 0 Å². The Balaban J connectivity index is 1.47. The summed E-state index contributed by atoms with van der Waals surface area (Å²) in [5, 5.41) is 4.27. The summed E-state index contributed by atoms with van der Waals surface area (Å²) in [5.41, 5.74) is 2.19. The number of pyridine rings is 1. The lowest BCUT2D eigenvalue weighted by molar-refractivity contribution is 0.0678. The molecule has 1 saturated heterocycles. The van der Waals surface area contributed by atoms with E-state index in [0.29, 0.717) is 36.8 Å². The molecule has 0 aromatic carbocycles. The Hall–Kier alpha value is -3.29. The fourth-order valence-electron chi connectivity index (χ4n) is 3.87. The molecule has 0 atom stereocenters. The van der Waals surface area contributed by atoms with Gasteiger partial charge >= 0.3 is 0 Å². The van der Waals surface area contributed by atoms with Crippen LogP contribution in [0.15, 0.2) is 47.9 Å². The van der Waals surface area contributed by atoms with E-state index in [0.717, 1.165) is 25.1 Å². The Morgan fingerprint density at radius 2 is 1.93 bits per heavy atom. The Morgan fingerprint density at radius 3 is 2.60 bits per heavy atom. The maximum absolute atomic E-state index is 13.2. The summed E-state index contributed by atoms with van der Waals surface area (Å²) in [7, 11) is 0. The van der Waals surface area contributed by atoms with Crippen molar-refractivity contribution in [1.82, 2.24) is 29.2 Å². The Kier molecular flexibility index (Phi) is 5.74. The highest BCUT2D eigenvalue weighted by Crippen LogP contribution is 2.20. The zero-order chi connectivity index (χ0) is 21.1. The monoisotopic (exact) mass is 406 g/mol. The van der Waals surface area contributed by atoms with E-state index in [1.54, 1.807) is 29.7 Å². The number of aromatic nitrogens is 5. The highest BCUT2D eigenvalue weighted by atomic mass is 16.2. The molecule has 8 heteroatoms. The van der Waals surface area contributed by atoms with Crippen LogP contribution in [-0.2, 0) is 13.1 Å². The highest BCUT2D eigenvalue weighted by Gasteiger charge is 2.27. The van der Waals surface area contributed by atoms with Gasteiger partial charge in [-0.1, -0.05) is 0 Å². The minimum atomic E-state index is -0.277. The van der Waals surface area contributed by atoms with Crippen molar-refractivity contribution >= 4 is 5.91 Å². The molecule has 0 bridgehead atoms. The summed E-state index contributed by atoms with van der Waals surface area (Å²) >= 11 is 0. The van der Waals surface area contributed by atoms with Gasteiger partial charge in [0.2, 0.25) is 0 Å². The molecule has 1 fully saturated rings. The number of carbonyl (C=O) groups excluding carboxylic acids is 1. The molecule has 156 valence electrons. The van der Waals surface area contributed by atoms with E-state index in [9.17, 15) is 9.59 Å². The molecule has 4 rings (SSSR count). The molecule has 1 aliphatic heterocycles. The summed E-state index contributed by atoms with van der Waals surface area (Å²) in [4.78, 5) is 36.6. The summed E-state index contributed by atoms with van der Waals surface area (Å²) < 4.78 is 3.47. The van der Waals surface area contributed by atoms with Crippen LogP contribution in [-0.4, -0.2) is 48.2 Å². The SMILES string of the molecule is Cc1cnc(Cn2ccc(C)c(C(=O)N3CCC(Cn4cccn4)CC3)c2=O)cn1. The predicted octanol–water partition coefficient (Wildman–Crippen LogP) is 2.05. The van der Waals surface area contributed by atoms with Crippen LogP contribution in [0.2, 0.25) is 0 Å². The van der Waals surface area contributed by atoms with Crippen LogP contribution in [0.4, 0.5) is 0 Å². The lowest BCUT2D eigenvalue weighted by Gasteiger charge is -2.32. The average molecular weight is 406 g/mol. The summed E-state index contributed by atoms with van der Waals surface area (Å²) in [6.07, 6.45) is 10.6. The van der Waals surface area contributed by atoms with Crippen molar-refractivity contribution in [2.45, 2.75) is 39.8 Å². The van der Waals surface area contributed by atoms with E-state index >= 15 is 0 Å². The van der Waals surface area contributed by atoms with Gasteiger partial charge in [-0.25, -0.2) is 0 Å². The molecule has 0 radical (unpaired) electrons. The Labute approximate surface area is 175 Å². The van der Waals surface area contributed by atoms with Gasteiger partial charge in [-0.15, -0.1) is 0 Å². The summed E-state index contributed by atoms with van der Waals surface area (Å²) in [6, 6.07) is 3.74. The molecule has 0 saturated carbocycles. The molecule has 1 aliphatic rings. The number of aryl methyl sites for hydroxylation is 2. The van der Waals surface area contributed by atoms with Crippen LogP contribution < -0.4 is 5.56 Å². The fraction of sp³-hybridized carbons (Fsp3) is 0.409. The molecule has 4 heterocycles. The van der Waals surface area contributed by atoms with Gasteiger partial charge in [0.05, 0.1) is 24.1 Å². The van der Waals surface area contributed by atoms with E-state index in [1.807, 2.05) is 36.9 Å². The highest BCUT2D eigenvalue weighted by molar-refractivity contribution is 5.95. The largest absolute Gasteiger partial charge is 0.338 e. The Bertz CT molecular complexity index is 1060. The average Bonchev–Trinajstić information content (AvgIpc) is 3.25. The first-order valence-electron chi connectivity index (χ1n) is 10.3. The third-order valence-corrected chi connectivity index (χ3v) is 5.66. The molecule has 0 unspecified atom stereocenters. The zero-order valence-corrected chi connectivity index (χ0v) is 17.4. The molecular weight excluding hydrogens is 380 g/mol. The van der Waals surface area contributed by atoms with E-state index in [4.69, 9.17) is 0 Å². The van der Waals surface area contributed by atoms with Crippen molar-refractivity contribution in [3.05, 3.63) is 76.0 Å². The van der Waals surface area contributed by atoms with Crippen LogP contribution >= 0.6 is 0 Å². The van der Waals surface area contributed by atoms with Crippen LogP contribution in [0.3, 0.4) is 0 Å². The minimum Gasteiger partial charge on any atom is -0.338 e. The van der Waals surface area contributed by atoms with Crippen LogP contribution in [0, 0.1) is 19.8 Å². The first kappa shape index (κ1) is 20.0. The van der Waals surface area contributed by atoms with Crippen LogP contribution in [0.25, 0.3) is 0 Å². The first-order chi connectivity index (χ1) is 14.5. The van der Waals surface area contributed by atoms with Gasteiger partial charge in [0.1, 0.15) is 5.56 Å². The normalized spacial score (nSPS) is 14.8. The molecule has 3 aromatic rings.